The highest BCUT2D eigenvalue weighted by Crippen LogP contribution is 2.26. The van der Waals surface area contributed by atoms with Gasteiger partial charge in [0, 0.05) is 6.42 Å². The molecule has 0 bridgehead atoms. The minimum absolute atomic E-state index is 0.557. The van der Waals surface area contributed by atoms with Gasteiger partial charge in [0.1, 0.15) is 5.75 Å². The lowest BCUT2D eigenvalue weighted by Gasteiger charge is -2.14. The third-order valence-corrected chi connectivity index (χ3v) is 2.63. The molecule has 0 fully saturated rings. The number of aryl methyl sites for hydroxylation is 3. The number of hydrogen-bond acceptors (Lipinski definition) is 2. The Balaban J connectivity index is 2.98. The Hall–Kier alpha value is -1.09. The zero-order valence-corrected chi connectivity index (χ0v) is 11.0. The van der Waals surface area contributed by atoms with E-state index in [-0.39, 0.29) is 0 Å². The second-order valence-corrected chi connectivity index (χ2v) is 4.49. The van der Waals surface area contributed by atoms with Gasteiger partial charge in [0.15, 0.2) is 0 Å². The van der Waals surface area contributed by atoms with Gasteiger partial charge >= 0.3 is 0 Å². The van der Waals surface area contributed by atoms with Crippen molar-refractivity contribution < 1.29 is 4.74 Å². The van der Waals surface area contributed by atoms with Crippen molar-refractivity contribution in [3.8, 4) is 5.75 Å². The lowest BCUT2D eigenvalue weighted by Crippen LogP contribution is -2.09. The molecule has 0 saturated heterocycles. The Labute approximate surface area is 103 Å². The molecule has 2 N–H and O–H groups in total. The molecule has 0 heterocycles. The zero-order valence-electron chi connectivity index (χ0n) is 10.2. The third-order valence-electron chi connectivity index (χ3n) is 2.43. The zero-order chi connectivity index (χ0) is 12.1. The van der Waals surface area contributed by atoms with Crippen LogP contribution in [-0.2, 0) is 6.42 Å². The van der Waals surface area contributed by atoms with Crippen LogP contribution < -0.4 is 10.5 Å². The monoisotopic (exact) mass is 237 g/mol. The second kappa shape index (κ2) is 5.85. The van der Waals surface area contributed by atoms with E-state index in [4.69, 9.17) is 22.7 Å². The summed E-state index contributed by atoms with van der Waals surface area (Å²) >= 11 is 4.91. The number of rotatable bonds is 5. The largest absolute Gasteiger partial charge is 0.493 e. The van der Waals surface area contributed by atoms with Crippen LogP contribution in [0.15, 0.2) is 12.1 Å². The van der Waals surface area contributed by atoms with Gasteiger partial charge in [-0.25, -0.2) is 0 Å². The van der Waals surface area contributed by atoms with E-state index in [0.717, 1.165) is 18.6 Å². The van der Waals surface area contributed by atoms with Crippen molar-refractivity contribution >= 4 is 17.2 Å². The molecule has 3 heteroatoms. The molecule has 16 heavy (non-hydrogen) atoms. The molecule has 0 radical (unpaired) electrons. The maximum absolute atomic E-state index is 5.67. The van der Waals surface area contributed by atoms with Gasteiger partial charge in [-0.15, -0.1) is 0 Å². The molecule has 0 aliphatic heterocycles. The highest BCUT2D eigenvalue weighted by molar-refractivity contribution is 7.80. The number of ether oxygens (including phenoxy) is 1. The van der Waals surface area contributed by atoms with Gasteiger partial charge in [-0.3, -0.25) is 0 Å². The van der Waals surface area contributed by atoms with Crippen molar-refractivity contribution in [2.24, 2.45) is 5.73 Å². The molecular formula is C13H19NOS. The van der Waals surface area contributed by atoms with Crippen LogP contribution in [0.25, 0.3) is 0 Å². The van der Waals surface area contributed by atoms with Crippen LogP contribution in [0.5, 0.6) is 5.75 Å². The van der Waals surface area contributed by atoms with Crippen molar-refractivity contribution in [3.63, 3.8) is 0 Å². The molecule has 0 atom stereocenters. The summed E-state index contributed by atoms with van der Waals surface area (Å²) in [7, 11) is 0. The molecule has 2 nitrogen and oxygen atoms in total. The average molecular weight is 237 g/mol. The average Bonchev–Trinajstić information content (AvgIpc) is 2.19. The summed E-state index contributed by atoms with van der Waals surface area (Å²) < 4.78 is 5.67. The summed E-state index contributed by atoms with van der Waals surface area (Å²) in [6.07, 6.45) is 1.59. The van der Waals surface area contributed by atoms with Crippen LogP contribution in [-0.4, -0.2) is 11.6 Å². The van der Waals surface area contributed by atoms with Crippen molar-refractivity contribution in [3.05, 3.63) is 28.8 Å². The third kappa shape index (κ3) is 3.49. The van der Waals surface area contributed by atoms with Crippen molar-refractivity contribution in [2.75, 3.05) is 6.61 Å². The first-order chi connectivity index (χ1) is 7.54. The van der Waals surface area contributed by atoms with E-state index >= 15 is 0 Å². The molecule has 1 aromatic carbocycles. The Morgan fingerprint density at radius 3 is 2.62 bits per heavy atom. The molecule has 0 amide bonds. The minimum Gasteiger partial charge on any atom is -0.493 e. The minimum atomic E-state index is 0.557. The van der Waals surface area contributed by atoms with E-state index in [1.807, 2.05) is 6.92 Å². The summed E-state index contributed by atoms with van der Waals surface area (Å²) in [5.74, 6) is 0.990. The van der Waals surface area contributed by atoms with Crippen LogP contribution in [0.3, 0.4) is 0 Å². The van der Waals surface area contributed by atoms with Gasteiger partial charge in [0.25, 0.3) is 0 Å². The van der Waals surface area contributed by atoms with E-state index in [1.165, 1.54) is 16.7 Å². The molecular weight excluding hydrogens is 218 g/mol. The van der Waals surface area contributed by atoms with Gasteiger partial charge in [-0.2, -0.15) is 0 Å². The molecule has 0 aliphatic carbocycles. The predicted octanol–water partition coefficient (Wildman–Crippen LogP) is 2.92. The van der Waals surface area contributed by atoms with E-state index in [0.29, 0.717) is 11.6 Å². The number of hydrogen-bond donors (Lipinski definition) is 1. The fraction of sp³-hybridized carbons (Fsp3) is 0.462. The molecule has 0 aromatic heterocycles. The van der Waals surface area contributed by atoms with Gasteiger partial charge < -0.3 is 10.5 Å². The van der Waals surface area contributed by atoms with Crippen LogP contribution in [0.2, 0.25) is 0 Å². The van der Waals surface area contributed by atoms with Crippen molar-refractivity contribution in [2.45, 2.75) is 33.6 Å². The topological polar surface area (TPSA) is 35.2 Å². The summed E-state index contributed by atoms with van der Waals surface area (Å²) in [6.45, 7) is 6.84. The SMILES string of the molecule is CCOc1c(C)cc(C)cc1CCC(N)=S. The lowest BCUT2D eigenvalue weighted by atomic mass is 10.0. The Morgan fingerprint density at radius 2 is 2.06 bits per heavy atom. The lowest BCUT2D eigenvalue weighted by molar-refractivity contribution is 0.334. The fourth-order valence-corrected chi connectivity index (χ4v) is 1.94. The Kier molecular flexibility index (Phi) is 4.74. The van der Waals surface area contributed by atoms with Crippen molar-refractivity contribution in [1.82, 2.24) is 0 Å². The van der Waals surface area contributed by atoms with E-state index in [1.54, 1.807) is 0 Å². The second-order valence-electron chi connectivity index (χ2n) is 3.97. The number of benzene rings is 1. The molecule has 1 rings (SSSR count). The first-order valence-corrected chi connectivity index (χ1v) is 5.96. The first-order valence-electron chi connectivity index (χ1n) is 5.55. The van der Waals surface area contributed by atoms with Crippen LogP contribution in [0, 0.1) is 13.8 Å². The van der Waals surface area contributed by atoms with Crippen molar-refractivity contribution in [1.29, 1.82) is 0 Å². The van der Waals surface area contributed by atoms with E-state index < -0.39 is 0 Å². The molecule has 0 spiro atoms. The predicted molar refractivity (Wildman–Crippen MR) is 72.2 cm³/mol. The van der Waals surface area contributed by atoms with E-state index in [2.05, 4.69) is 26.0 Å². The summed E-state index contributed by atoms with van der Waals surface area (Å²) in [5.41, 5.74) is 9.16. The smallest absolute Gasteiger partial charge is 0.125 e. The van der Waals surface area contributed by atoms with E-state index in [9.17, 15) is 0 Å². The summed E-state index contributed by atoms with van der Waals surface area (Å²) in [6, 6.07) is 4.28. The Bertz CT molecular complexity index is 388. The quantitative estimate of drug-likeness (QED) is 0.800. The number of thiocarbonyl (C=S) groups is 1. The molecule has 0 unspecified atom stereocenters. The van der Waals surface area contributed by atoms with Gasteiger partial charge in [-0.1, -0.05) is 29.9 Å². The van der Waals surface area contributed by atoms with Gasteiger partial charge in [0.2, 0.25) is 0 Å². The van der Waals surface area contributed by atoms with Gasteiger partial charge in [-0.05, 0) is 38.3 Å². The van der Waals surface area contributed by atoms with Crippen LogP contribution >= 0.6 is 12.2 Å². The first kappa shape index (κ1) is 13.0. The number of nitrogens with two attached hydrogens (primary N) is 1. The summed E-state index contributed by atoms with van der Waals surface area (Å²) in [5, 5.41) is 0. The standard InChI is InChI=1S/C13H19NOS/c1-4-15-13-10(3)7-9(2)8-11(13)5-6-12(14)16/h7-8H,4-6H2,1-3H3,(H2,14,16). The summed E-state index contributed by atoms with van der Waals surface area (Å²) in [4.78, 5) is 0.557. The maximum Gasteiger partial charge on any atom is 0.125 e. The van der Waals surface area contributed by atoms with Crippen LogP contribution in [0.1, 0.15) is 30.0 Å². The molecule has 0 saturated carbocycles. The fourth-order valence-electron chi connectivity index (χ4n) is 1.84. The Morgan fingerprint density at radius 1 is 1.38 bits per heavy atom. The molecule has 88 valence electrons. The molecule has 1 aromatic rings. The highest BCUT2D eigenvalue weighted by Gasteiger charge is 2.08. The van der Waals surface area contributed by atoms with Gasteiger partial charge in [0.05, 0.1) is 11.6 Å². The molecule has 0 aliphatic rings. The highest BCUT2D eigenvalue weighted by atomic mass is 32.1. The normalized spacial score (nSPS) is 10.2. The van der Waals surface area contributed by atoms with Crippen LogP contribution in [0.4, 0.5) is 0 Å². The maximum atomic E-state index is 5.67.